The van der Waals surface area contributed by atoms with Crippen LogP contribution in [0.2, 0.25) is 5.02 Å². The van der Waals surface area contributed by atoms with Gasteiger partial charge in [0.1, 0.15) is 0 Å². The van der Waals surface area contributed by atoms with Gasteiger partial charge in [-0.15, -0.1) is 0 Å². The summed E-state index contributed by atoms with van der Waals surface area (Å²) in [5.41, 5.74) is 2.26. The molecule has 3 aromatic carbocycles. The molecule has 7 heteroatoms. The molecule has 0 fully saturated rings. The number of amides is 1. The molecule has 0 unspecified atom stereocenters. The minimum atomic E-state index is -3.76. The van der Waals surface area contributed by atoms with E-state index in [4.69, 9.17) is 11.6 Å². The van der Waals surface area contributed by atoms with Crippen molar-refractivity contribution in [3.05, 3.63) is 88.9 Å². The number of carbonyl (C=O) groups is 1. The molecule has 27 heavy (non-hydrogen) atoms. The lowest BCUT2D eigenvalue weighted by atomic mass is 10.2. The Morgan fingerprint density at radius 3 is 2.15 bits per heavy atom. The number of sulfonamides is 1. The molecular weight excluding hydrogens is 384 g/mol. The normalized spacial score (nSPS) is 11.0. The van der Waals surface area contributed by atoms with Crippen molar-refractivity contribution in [2.24, 2.45) is 0 Å². The highest BCUT2D eigenvalue weighted by atomic mass is 35.5. The molecule has 0 aliphatic carbocycles. The summed E-state index contributed by atoms with van der Waals surface area (Å²) >= 11 is 6.03. The van der Waals surface area contributed by atoms with Gasteiger partial charge in [-0.05, 0) is 61.0 Å². The summed E-state index contributed by atoms with van der Waals surface area (Å²) < 4.78 is 27.5. The Labute approximate surface area is 163 Å². The second-order valence-corrected chi connectivity index (χ2v) is 8.00. The van der Waals surface area contributed by atoms with Gasteiger partial charge in [0.2, 0.25) is 0 Å². The standard InChI is InChI=1S/C20H17ClN2O3S/c1-14-7-8-17(13-19(14)21)23-27(25,26)18-11-9-16(10-12-18)22-20(24)15-5-3-2-4-6-15/h2-13,23H,1H3,(H,22,24). The average molecular weight is 401 g/mol. The van der Waals surface area contributed by atoms with Gasteiger partial charge < -0.3 is 5.32 Å². The molecular formula is C20H17ClN2O3S. The van der Waals surface area contributed by atoms with Crippen LogP contribution in [0.3, 0.4) is 0 Å². The minimum absolute atomic E-state index is 0.0805. The van der Waals surface area contributed by atoms with Gasteiger partial charge in [-0.2, -0.15) is 0 Å². The van der Waals surface area contributed by atoms with Gasteiger partial charge in [-0.25, -0.2) is 8.42 Å². The van der Waals surface area contributed by atoms with Crippen molar-refractivity contribution in [1.82, 2.24) is 0 Å². The first-order valence-corrected chi connectivity index (χ1v) is 9.97. The largest absolute Gasteiger partial charge is 0.322 e. The van der Waals surface area contributed by atoms with Gasteiger partial charge in [0.05, 0.1) is 10.6 Å². The molecule has 3 rings (SSSR count). The highest BCUT2D eigenvalue weighted by Crippen LogP contribution is 2.23. The van der Waals surface area contributed by atoms with Gasteiger partial charge in [0, 0.05) is 16.3 Å². The fourth-order valence-electron chi connectivity index (χ4n) is 2.38. The van der Waals surface area contributed by atoms with Crippen LogP contribution in [0.4, 0.5) is 11.4 Å². The lowest BCUT2D eigenvalue weighted by molar-refractivity contribution is 0.102. The Kier molecular flexibility index (Phi) is 5.48. The highest BCUT2D eigenvalue weighted by Gasteiger charge is 2.15. The fraction of sp³-hybridized carbons (Fsp3) is 0.0500. The third-order valence-electron chi connectivity index (χ3n) is 3.88. The van der Waals surface area contributed by atoms with E-state index in [1.54, 1.807) is 42.5 Å². The second-order valence-electron chi connectivity index (χ2n) is 5.91. The number of aryl methyl sites for hydroxylation is 1. The number of nitrogens with one attached hydrogen (secondary N) is 2. The smallest absolute Gasteiger partial charge is 0.261 e. The van der Waals surface area contributed by atoms with Crippen LogP contribution >= 0.6 is 11.6 Å². The van der Waals surface area contributed by atoms with Crippen LogP contribution in [0.15, 0.2) is 77.7 Å². The van der Waals surface area contributed by atoms with Crippen LogP contribution in [-0.2, 0) is 10.0 Å². The van der Waals surface area contributed by atoms with Crippen LogP contribution < -0.4 is 10.0 Å². The average Bonchev–Trinajstić information content (AvgIpc) is 2.66. The third-order valence-corrected chi connectivity index (χ3v) is 5.69. The molecule has 0 saturated carbocycles. The molecule has 1 amide bonds. The molecule has 0 saturated heterocycles. The van der Waals surface area contributed by atoms with Crippen molar-refractivity contribution in [2.75, 3.05) is 10.0 Å². The fourth-order valence-corrected chi connectivity index (χ4v) is 3.61. The molecule has 0 bridgehead atoms. The predicted molar refractivity (Wildman–Crippen MR) is 108 cm³/mol. The SMILES string of the molecule is Cc1ccc(NS(=O)(=O)c2ccc(NC(=O)c3ccccc3)cc2)cc1Cl. The summed E-state index contributed by atoms with van der Waals surface area (Å²) in [6, 6.07) is 19.6. The third kappa shape index (κ3) is 4.67. The molecule has 0 radical (unpaired) electrons. The zero-order valence-electron chi connectivity index (χ0n) is 14.4. The quantitative estimate of drug-likeness (QED) is 0.651. The van der Waals surface area contributed by atoms with E-state index in [2.05, 4.69) is 10.0 Å². The van der Waals surface area contributed by atoms with Gasteiger partial charge in [-0.3, -0.25) is 9.52 Å². The molecule has 0 atom stereocenters. The number of anilines is 2. The van der Waals surface area contributed by atoms with E-state index in [-0.39, 0.29) is 10.8 Å². The summed E-state index contributed by atoms with van der Waals surface area (Å²) in [6.45, 7) is 1.84. The molecule has 138 valence electrons. The Morgan fingerprint density at radius 1 is 0.889 bits per heavy atom. The zero-order chi connectivity index (χ0) is 19.4. The number of carbonyl (C=O) groups excluding carboxylic acids is 1. The molecule has 0 heterocycles. The van der Waals surface area contributed by atoms with Crippen molar-refractivity contribution >= 4 is 38.9 Å². The monoisotopic (exact) mass is 400 g/mol. The van der Waals surface area contributed by atoms with Crippen LogP contribution in [0.25, 0.3) is 0 Å². The number of rotatable bonds is 5. The van der Waals surface area contributed by atoms with E-state index < -0.39 is 10.0 Å². The Morgan fingerprint density at radius 2 is 1.52 bits per heavy atom. The Hall–Kier alpha value is -2.83. The van der Waals surface area contributed by atoms with Gasteiger partial charge in [0.25, 0.3) is 15.9 Å². The second kappa shape index (κ2) is 7.82. The summed E-state index contributed by atoms with van der Waals surface area (Å²) in [5, 5.41) is 3.21. The molecule has 0 aliphatic heterocycles. The molecule has 2 N–H and O–H groups in total. The van der Waals surface area contributed by atoms with Crippen molar-refractivity contribution in [3.63, 3.8) is 0 Å². The van der Waals surface area contributed by atoms with Gasteiger partial charge in [0.15, 0.2) is 0 Å². The topological polar surface area (TPSA) is 75.3 Å². The maximum absolute atomic E-state index is 12.5. The summed E-state index contributed by atoms with van der Waals surface area (Å²) in [4.78, 5) is 12.2. The maximum atomic E-state index is 12.5. The lowest BCUT2D eigenvalue weighted by Crippen LogP contribution is -2.14. The van der Waals surface area contributed by atoms with E-state index >= 15 is 0 Å². The molecule has 0 aromatic heterocycles. The maximum Gasteiger partial charge on any atom is 0.261 e. The number of hydrogen-bond donors (Lipinski definition) is 2. The molecule has 3 aromatic rings. The number of halogens is 1. The van der Waals surface area contributed by atoms with Crippen LogP contribution in [0.1, 0.15) is 15.9 Å². The van der Waals surface area contributed by atoms with E-state index in [1.807, 2.05) is 13.0 Å². The van der Waals surface area contributed by atoms with Crippen molar-refractivity contribution in [1.29, 1.82) is 0 Å². The lowest BCUT2D eigenvalue weighted by Gasteiger charge is -2.10. The minimum Gasteiger partial charge on any atom is -0.322 e. The first-order valence-electron chi connectivity index (χ1n) is 8.10. The zero-order valence-corrected chi connectivity index (χ0v) is 16.0. The summed E-state index contributed by atoms with van der Waals surface area (Å²) in [5.74, 6) is -0.265. The van der Waals surface area contributed by atoms with E-state index in [1.165, 1.54) is 24.3 Å². The summed E-state index contributed by atoms with van der Waals surface area (Å²) in [6.07, 6.45) is 0. The van der Waals surface area contributed by atoms with Crippen molar-refractivity contribution < 1.29 is 13.2 Å². The molecule has 0 spiro atoms. The Balaban J connectivity index is 1.73. The van der Waals surface area contributed by atoms with Crippen LogP contribution in [0.5, 0.6) is 0 Å². The first kappa shape index (κ1) is 18.9. The van der Waals surface area contributed by atoms with Gasteiger partial charge in [-0.1, -0.05) is 35.9 Å². The van der Waals surface area contributed by atoms with Gasteiger partial charge >= 0.3 is 0 Å². The number of benzene rings is 3. The van der Waals surface area contributed by atoms with E-state index in [9.17, 15) is 13.2 Å². The van der Waals surface area contributed by atoms with E-state index in [0.717, 1.165) is 5.56 Å². The summed E-state index contributed by atoms with van der Waals surface area (Å²) in [7, 11) is -3.76. The van der Waals surface area contributed by atoms with Crippen molar-refractivity contribution in [2.45, 2.75) is 11.8 Å². The number of hydrogen-bond acceptors (Lipinski definition) is 3. The predicted octanol–water partition coefficient (Wildman–Crippen LogP) is 4.70. The first-order chi connectivity index (χ1) is 12.8. The van der Waals surface area contributed by atoms with Crippen LogP contribution in [-0.4, -0.2) is 14.3 Å². The van der Waals surface area contributed by atoms with Crippen molar-refractivity contribution in [3.8, 4) is 0 Å². The highest BCUT2D eigenvalue weighted by molar-refractivity contribution is 7.92. The Bertz CT molecular complexity index is 1070. The van der Waals surface area contributed by atoms with E-state index in [0.29, 0.717) is 22.0 Å². The molecule has 5 nitrogen and oxygen atoms in total. The van der Waals surface area contributed by atoms with Crippen LogP contribution in [0, 0.1) is 6.92 Å². The molecule has 0 aliphatic rings.